The van der Waals surface area contributed by atoms with E-state index in [-0.39, 0.29) is 0 Å². The van der Waals surface area contributed by atoms with Gasteiger partial charge in [-0.2, -0.15) is 0 Å². The molecule has 1 saturated heterocycles. The van der Waals surface area contributed by atoms with Gasteiger partial charge < -0.3 is 20.3 Å². The fraction of sp³-hybridized carbons (Fsp3) is 0.588. The molecule has 0 saturated carbocycles. The molecule has 2 aliphatic rings. The number of quaternary nitrogens is 1. The van der Waals surface area contributed by atoms with Crippen LogP contribution in [0.15, 0.2) is 24.3 Å². The molecule has 0 unspecified atom stereocenters. The second kappa shape index (κ2) is 7.90. The summed E-state index contributed by atoms with van der Waals surface area (Å²) in [6.45, 7) is 6.02. The lowest BCUT2D eigenvalue weighted by Gasteiger charge is -2.28. The van der Waals surface area contributed by atoms with Gasteiger partial charge in [-0.25, -0.2) is 0 Å². The van der Waals surface area contributed by atoms with Crippen molar-refractivity contribution in [1.82, 2.24) is 10.6 Å². The molecule has 0 bridgehead atoms. The number of thiocarbonyl (C=S) groups is 1. The molecule has 3 rings (SSSR count). The molecule has 1 heterocycles. The van der Waals surface area contributed by atoms with E-state index in [9.17, 15) is 0 Å². The summed E-state index contributed by atoms with van der Waals surface area (Å²) in [5, 5.41) is 7.65. The minimum absolute atomic E-state index is 0.362. The van der Waals surface area contributed by atoms with Crippen molar-refractivity contribution in [3.05, 3.63) is 35.4 Å². The average molecular weight is 320 g/mol. The largest absolute Gasteiger partial charge is 0.370 e. The number of fused-ring (bicyclic) bond motifs is 1. The molecular formula is C17H26N3OS+. The zero-order chi connectivity index (χ0) is 15.2. The van der Waals surface area contributed by atoms with E-state index in [2.05, 4.69) is 34.9 Å². The van der Waals surface area contributed by atoms with E-state index in [1.165, 1.54) is 24.0 Å². The highest BCUT2D eigenvalue weighted by atomic mass is 32.1. The summed E-state index contributed by atoms with van der Waals surface area (Å²) in [6.07, 6.45) is 3.58. The number of rotatable bonds is 4. The van der Waals surface area contributed by atoms with E-state index < -0.39 is 0 Å². The van der Waals surface area contributed by atoms with Crippen LogP contribution >= 0.6 is 12.2 Å². The first-order valence-corrected chi connectivity index (χ1v) is 8.77. The minimum Gasteiger partial charge on any atom is -0.370 e. The molecule has 120 valence electrons. The van der Waals surface area contributed by atoms with Gasteiger partial charge in [-0.3, -0.25) is 0 Å². The first-order chi connectivity index (χ1) is 10.8. The standard InChI is InChI=1S/C17H25N3OS/c22-17(18-8-9-20-10-12-21-13-11-20)19-16-7-3-5-14-4-1-2-6-15(14)16/h1-2,4,6,16H,3,5,7-13H2,(H2,18,19,22)/p+1/t16-/m1/s1. The van der Waals surface area contributed by atoms with Crippen molar-refractivity contribution in [3.63, 3.8) is 0 Å². The molecule has 5 heteroatoms. The fourth-order valence-electron chi connectivity index (χ4n) is 3.38. The lowest BCUT2D eigenvalue weighted by Crippen LogP contribution is -3.14. The first kappa shape index (κ1) is 15.7. The predicted molar refractivity (Wildman–Crippen MR) is 92.2 cm³/mol. The summed E-state index contributed by atoms with van der Waals surface area (Å²) in [5.41, 5.74) is 2.88. The quantitative estimate of drug-likeness (QED) is 0.704. The Morgan fingerprint density at radius 1 is 1.27 bits per heavy atom. The van der Waals surface area contributed by atoms with Crippen LogP contribution in [-0.4, -0.2) is 44.5 Å². The molecule has 3 N–H and O–H groups in total. The Morgan fingerprint density at radius 2 is 2.09 bits per heavy atom. The Hall–Kier alpha value is -1.17. The molecule has 0 spiro atoms. The highest BCUT2D eigenvalue weighted by Gasteiger charge is 2.20. The van der Waals surface area contributed by atoms with Crippen LogP contribution in [-0.2, 0) is 11.2 Å². The van der Waals surface area contributed by atoms with Gasteiger partial charge in [-0.05, 0) is 42.6 Å². The molecule has 0 radical (unpaired) electrons. The summed E-state index contributed by atoms with van der Waals surface area (Å²) >= 11 is 5.47. The number of ether oxygens (including phenoxy) is 1. The molecule has 1 aliphatic carbocycles. The zero-order valence-electron chi connectivity index (χ0n) is 13.1. The van der Waals surface area contributed by atoms with Crippen LogP contribution in [0.1, 0.15) is 30.0 Å². The van der Waals surface area contributed by atoms with Crippen LogP contribution in [0.4, 0.5) is 0 Å². The SMILES string of the molecule is S=C(NCC[NH+]1CCOCC1)N[C@@H]1CCCc2ccccc21. The van der Waals surface area contributed by atoms with Crippen LogP contribution in [0.2, 0.25) is 0 Å². The predicted octanol–water partition coefficient (Wildman–Crippen LogP) is 0.443. The Kier molecular flexibility index (Phi) is 5.64. The van der Waals surface area contributed by atoms with Crippen molar-refractivity contribution < 1.29 is 9.64 Å². The van der Waals surface area contributed by atoms with Gasteiger partial charge in [0.25, 0.3) is 0 Å². The summed E-state index contributed by atoms with van der Waals surface area (Å²) in [6, 6.07) is 9.08. The maximum absolute atomic E-state index is 5.47. The summed E-state index contributed by atoms with van der Waals surface area (Å²) in [7, 11) is 0. The molecule has 1 aliphatic heterocycles. The summed E-state index contributed by atoms with van der Waals surface area (Å²) in [5.74, 6) is 0. The first-order valence-electron chi connectivity index (χ1n) is 8.36. The highest BCUT2D eigenvalue weighted by molar-refractivity contribution is 7.80. The third-order valence-electron chi connectivity index (χ3n) is 4.64. The molecule has 1 aromatic carbocycles. The normalized spacial score (nSPS) is 21.9. The van der Waals surface area contributed by atoms with Gasteiger partial charge in [-0.1, -0.05) is 24.3 Å². The van der Waals surface area contributed by atoms with Gasteiger partial charge in [0, 0.05) is 0 Å². The van der Waals surface area contributed by atoms with E-state index in [1.54, 1.807) is 4.90 Å². The van der Waals surface area contributed by atoms with Gasteiger partial charge in [0.1, 0.15) is 13.1 Å². The second-order valence-electron chi connectivity index (χ2n) is 6.16. The molecule has 22 heavy (non-hydrogen) atoms. The number of hydrogen-bond acceptors (Lipinski definition) is 2. The molecule has 1 aromatic rings. The third kappa shape index (κ3) is 4.18. The minimum atomic E-state index is 0.362. The second-order valence-corrected chi connectivity index (χ2v) is 6.56. The van der Waals surface area contributed by atoms with Crippen LogP contribution in [0, 0.1) is 0 Å². The Morgan fingerprint density at radius 3 is 2.95 bits per heavy atom. The van der Waals surface area contributed by atoms with Crippen molar-refractivity contribution in [1.29, 1.82) is 0 Å². The van der Waals surface area contributed by atoms with E-state index in [0.717, 1.165) is 50.9 Å². The number of morpholine rings is 1. The molecule has 0 amide bonds. The van der Waals surface area contributed by atoms with Gasteiger partial charge >= 0.3 is 0 Å². The van der Waals surface area contributed by atoms with Crippen LogP contribution in [0.5, 0.6) is 0 Å². The van der Waals surface area contributed by atoms with E-state index in [4.69, 9.17) is 17.0 Å². The van der Waals surface area contributed by atoms with E-state index >= 15 is 0 Å². The van der Waals surface area contributed by atoms with Crippen LogP contribution in [0.25, 0.3) is 0 Å². The number of hydrogen-bond donors (Lipinski definition) is 3. The lowest BCUT2D eigenvalue weighted by atomic mass is 9.88. The van der Waals surface area contributed by atoms with Gasteiger partial charge in [0.05, 0.1) is 32.3 Å². The molecule has 1 fully saturated rings. The Labute approximate surface area is 138 Å². The molecule has 0 aromatic heterocycles. The summed E-state index contributed by atoms with van der Waals surface area (Å²) in [4.78, 5) is 1.60. The fourth-order valence-corrected chi connectivity index (χ4v) is 3.62. The monoisotopic (exact) mass is 320 g/mol. The Bertz CT molecular complexity index is 502. The number of aryl methyl sites for hydroxylation is 1. The number of benzene rings is 1. The molecule has 4 nitrogen and oxygen atoms in total. The topological polar surface area (TPSA) is 37.7 Å². The lowest BCUT2D eigenvalue weighted by molar-refractivity contribution is -0.906. The van der Waals surface area contributed by atoms with Crippen molar-refractivity contribution in [3.8, 4) is 0 Å². The van der Waals surface area contributed by atoms with Crippen LogP contribution < -0.4 is 15.5 Å². The number of nitrogens with one attached hydrogen (secondary N) is 3. The maximum Gasteiger partial charge on any atom is 0.166 e. The van der Waals surface area contributed by atoms with Crippen molar-refractivity contribution in [2.45, 2.75) is 25.3 Å². The van der Waals surface area contributed by atoms with Gasteiger partial charge in [0.15, 0.2) is 5.11 Å². The Balaban J connectivity index is 1.44. The van der Waals surface area contributed by atoms with Gasteiger partial charge in [0.2, 0.25) is 0 Å². The highest BCUT2D eigenvalue weighted by Crippen LogP contribution is 2.29. The van der Waals surface area contributed by atoms with Gasteiger partial charge in [-0.15, -0.1) is 0 Å². The smallest absolute Gasteiger partial charge is 0.166 e. The van der Waals surface area contributed by atoms with Crippen molar-refractivity contribution >= 4 is 17.3 Å². The molecular weight excluding hydrogens is 294 g/mol. The maximum atomic E-state index is 5.47. The zero-order valence-corrected chi connectivity index (χ0v) is 13.9. The summed E-state index contributed by atoms with van der Waals surface area (Å²) < 4.78 is 5.38. The average Bonchev–Trinajstić information content (AvgIpc) is 2.56. The van der Waals surface area contributed by atoms with Crippen molar-refractivity contribution in [2.75, 3.05) is 39.4 Å². The third-order valence-corrected chi connectivity index (χ3v) is 4.90. The van der Waals surface area contributed by atoms with E-state index in [1.807, 2.05) is 0 Å². The van der Waals surface area contributed by atoms with E-state index in [0.29, 0.717) is 6.04 Å². The van der Waals surface area contributed by atoms with Crippen molar-refractivity contribution in [2.24, 2.45) is 0 Å². The molecule has 1 atom stereocenters. The van der Waals surface area contributed by atoms with Crippen LogP contribution in [0.3, 0.4) is 0 Å².